The maximum absolute atomic E-state index is 11.7. The van der Waals surface area contributed by atoms with Gasteiger partial charge >= 0.3 is 0 Å². The molecule has 78 valence electrons. The molecule has 2 aliphatic heterocycles. The monoisotopic (exact) mass is 196 g/mol. The molecule has 2 aliphatic rings. The number of rotatable bonds is 0. The van der Waals surface area contributed by atoms with Gasteiger partial charge in [0, 0.05) is 13.0 Å². The fraction of sp³-hybridized carbons (Fsp3) is 0.800. The third-order valence-corrected chi connectivity index (χ3v) is 3.65. The van der Waals surface area contributed by atoms with E-state index < -0.39 is 5.41 Å². The summed E-state index contributed by atoms with van der Waals surface area (Å²) in [6, 6.07) is 0. The van der Waals surface area contributed by atoms with Gasteiger partial charge in [-0.3, -0.25) is 14.9 Å². The Morgan fingerprint density at radius 1 is 1.50 bits per heavy atom. The Hall–Kier alpha value is -0.900. The van der Waals surface area contributed by atoms with Crippen LogP contribution in [0.15, 0.2) is 0 Å². The fourth-order valence-electron chi connectivity index (χ4n) is 2.63. The number of hydrogen-bond acceptors (Lipinski definition) is 3. The second-order valence-electron chi connectivity index (χ2n) is 4.62. The zero-order valence-electron chi connectivity index (χ0n) is 8.67. The van der Waals surface area contributed by atoms with E-state index in [0.29, 0.717) is 6.42 Å². The third-order valence-electron chi connectivity index (χ3n) is 3.65. The summed E-state index contributed by atoms with van der Waals surface area (Å²) in [5.74, 6) is 0.113. The molecule has 0 aromatic rings. The zero-order chi connectivity index (χ0) is 10.3. The molecule has 0 aromatic carbocycles. The van der Waals surface area contributed by atoms with Gasteiger partial charge in [0.1, 0.15) is 0 Å². The Kier molecular flexibility index (Phi) is 2.10. The van der Waals surface area contributed by atoms with E-state index in [0.717, 1.165) is 19.5 Å². The fourth-order valence-corrected chi connectivity index (χ4v) is 2.63. The number of hydrogen-bond donors (Lipinski definition) is 1. The lowest BCUT2D eigenvalue weighted by Gasteiger charge is -2.40. The normalized spacial score (nSPS) is 39.1. The van der Waals surface area contributed by atoms with Crippen molar-refractivity contribution in [3.63, 3.8) is 0 Å². The zero-order valence-corrected chi connectivity index (χ0v) is 8.67. The van der Waals surface area contributed by atoms with Gasteiger partial charge < -0.3 is 4.90 Å². The molecule has 2 unspecified atom stereocenters. The molecule has 0 aliphatic carbocycles. The van der Waals surface area contributed by atoms with E-state index in [9.17, 15) is 9.59 Å². The lowest BCUT2D eigenvalue weighted by Crippen LogP contribution is -2.48. The maximum Gasteiger partial charge on any atom is 0.233 e. The molecule has 2 fully saturated rings. The molecule has 0 radical (unpaired) electrons. The van der Waals surface area contributed by atoms with Crippen molar-refractivity contribution in [1.29, 1.82) is 0 Å². The van der Waals surface area contributed by atoms with Crippen LogP contribution >= 0.6 is 0 Å². The van der Waals surface area contributed by atoms with E-state index >= 15 is 0 Å². The van der Waals surface area contributed by atoms with Crippen molar-refractivity contribution in [2.24, 2.45) is 11.3 Å². The van der Waals surface area contributed by atoms with Gasteiger partial charge in [0.2, 0.25) is 11.8 Å². The van der Waals surface area contributed by atoms with Gasteiger partial charge in [-0.15, -0.1) is 0 Å². The summed E-state index contributed by atoms with van der Waals surface area (Å²) >= 11 is 0. The van der Waals surface area contributed by atoms with E-state index in [1.807, 2.05) is 0 Å². The van der Waals surface area contributed by atoms with E-state index in [1.54, 1.807) is 0 Å². The number of nitrogens with one attached hydrogen (secondary N) is 1. The first-order valence-electron chi connectivity index (χ1n) is 5.07. The highest BCUT2D eigenvalue weighted by atomic mass is 16.2. The van der Waals surface area contributed by atoms with Gasteiger partial charge in [-0.1, -0.05) is 6.92 Å². The molecular weight excluding hydrogens is 180 g/mol. The highest BCUT2D eigenvalue weighted by molar-refractivity contribution is 6.06. The highest BCUT2D eigenvalue weighted by Gasteiger charge is 2.51. The maximum atomic E-state index is 11.7. The van der Waals surface area contributed by atoms with Crippen molar-refractivity contribution < 1.29 is 9.59 Å². The highest BCUT2D eigenvalue weighted by Crippen LogP contribution is 2.42. The Morgan fingerprint density at radius 3 is 2.71 bits per heavy atom. The smallest absolute Gasteiger partial charge is 0.233 e. The topological polar surface area (TPSA) is 49.4 Å². The summed E-state index contributed by atoms with van der Waals surface area (Å²) in [5, 5.41) is 2.43. The Balaban J connectivity index is 2.23. The lowest BCUT2D eigenvalue weighted by molar-refractivity contribution is -0.133. The van der Waals surface area contributed by atoms with Gasteiger partial charge in [0.25, 0.3) is 0 Å². The van der Waals surface area contributed by atoms with E-state index in [4.69, 9.17) is 0 Å². The molecule has 2 atom stereocenters. The van der Waals surface area contributed by atoms with Crippen molar-refractivity contribution in [1.82, 2.24) is 10.2 Å². The van der Waals surface area contributed by atoms with Gasteiger partial charge in [-0.05, 0) is 25.9 Å². The minimum atomic E-state index is -0.399. The number of imide groups is 1. The minimum absolute atomic E-state index is 0.0527. The molecule has 4 heteroatoms. The van der Waals surface area contributed by atoms with Gasteiger partial charge in [0.05, 0.1) is 5.41 Å². The van der Waals surface area contributed by atoms with Gasteiger partial charge in [-0.25, -0.2) is 0 Å². The van der Waals surface area contributed by atoms with Gasteiger partial charge in [0.15, 0.2) is 0 Å². The molecule has 0 saturated carbocycles. The summed E-state index contributed by atoms with van der Waals surface area (Å²) in [6.07, 6.45) is 1.20. The quantitative estimate of drug-likeness (QED) is 0.554. The summed E-state index contributed by atoms with van der Waals surface area (Å²) in [4.78, 5) is 25.2. The molecule has 2 saturated heterocycles. The van der Waals surface area contributed by atoms with Crippen LogP contribution in [-0.4, -0.2) is 36.9 Å². The number of carbonyl (C=O) groups is 2. The summed E-state index contributed by atoms with van der Waals surface area (Å²) in [6.45, 7) is 3.87. The molecule has 2 heterocycles. The minimum Gasteiger partial charge on any atom is -0.306 e. The molecule has 14 heavy (non-hydrogen) atoms. The molecule has 1 spiro atoms. The first-order valence-corrected chi connectivity index (χ1v) is 5.07. The Morgan fingerprint density at radius 2 is 2.21 bits per heavy atom. The third kappa shape index (κ3) is 1.25. The number of amides is 2. The molecule has 4 nitrogen and oxygen atoms in total. The summed E-state index contributed by atoms with van der Waals surface area (Å²) in [7, 11) is 2.05. The molecule has 2 amide bonds. The number of carbonyl (C=O) groups excluding carboxylic acids is 2. The lowest BCUT2D eigenvalue weighted by atomic mass is 9.70. The van der Waals surface area contributed by atoms with Crippen molar-refractivity contribution in [3.05, 3.63) is 0 Å². The number of piperidine rings is 1. The predicted molar refractivity (Wildman–Crippen MR) is 51.5 cm³/mol. The van der Waals surface area contributed by atoms with Crippen LogP contribution < -0.4 is 5.32 Å². The van der Waals surface area contributed by atoms with E-state index in [2.05, 4.69) is 24.2 Å². The second kappa shape index (κ2) is 3.05. The van der Waals surface area contributed by atoms with Crippen molar-refractivity contribution in [2.75, 3.05) is 20.1 Å². The van der Waals surface area contributed by atoms with Crippen LogP contribution in [0.1, 0.15) is 19.8 Å². The van der Waals surface area contributed by atoms with Crippen molar-refractivity contribution >= 4 is 11.8 Å². The van der Waals surface area contributed by atoms with Crippen molar-refractivity contribution in [3.8, 4) is 0 Å². The van der Waals surface area contributed by atoms with Crippen molar-refractivity contribution in [2.45, 2.75) is 19.8 Å². The molecular formula is C10H16N2O2. The van der Waals surface area contributed by atoms with E-state index in [1.165, 1.54) is 0 Å². The van der Waals surface area contributed by atoms with Gasteiger partial charge in [-0.2, -0.15) is 0 Å². The Labute approximate surface area is 83.6 Å². The predicted octanol–water partition coefficient (Wildman–Crippen LogP) is -0.00910. The molecule has 1 N–H and O–H groups in total. The van der Waals surface area contributed by atoms with Crippen LogP contribution in [-0.2, 0) is 9.59 Å². The van der Waals surface area contributed by atoms with Crippen LogP contribution in [0.2, 0.25) is 0 Å². The molecule has 2 rings (SSSR count). The largest absolute Gasteiger partial charge is 0.306 e. The van der Waals surface area contributed by atoms with Crippen LogP contribution in [0.4, 0.5) is 0 Å². The SMILES string of the molecule is CC1CN(C)CCC12CC(=O)NC2=O. The van der Waals surface area contributed by atoms with Crippen LogP contribution in [0.25, 0.3) is 0 Å². The average molecular weight is 196 g/mol. The Bertz CT molecular complexity index is 290. The second-order valence-corrected chi connectivity index (χ2v) is 4.62. The molecule has 0 bridgehead atoms. The van der Waals surface area contributed by atoms with E-state index in [-0.39, 0.29) is 17.7 Å². The van der Waals surface area contributed by atoms with Crippen LogP contribution in [0.3, 0.4) is 0 Å². The average Bonchev–Trinajstić information content (AvgIpc) is 2.37. The first-order chi connectivity index (χ1) is 6.54. The summed E-state index contributed by atoms with van der Waals surface area (Å²) in [5.41, 5.74) is -0.399. The molecule has 0 aromatic heterocycles. The number of likely N-dealkylation sites (tertiary alicyclic amines) is 1. The first kappa shape index (κ1) is 9.65. The summed E-state index contributed by atoms with van der Waals surface area (Å²) < 4.78 is 0. The number of nitrogens with zero attached hydrogens (tertiary/aromatic N) is 1. The van der Waals surface area contributed by atoms with Crippen LogP contribution in [0, 0.1) is 11.3 Å². The standard InChI is InChI=1S/C10H16N2O2/c1-7-6-12(2)4-3-10(7)5-8(13)11-9(10)14/h7H,3-6H2,1-2H3,(H,11,13,14). The van der Waals surface area contributed by atoms with Crippen LogP contribution in [0.5, 0.6) is 0 Å².